The first-order valence-electron chi connectivity index (χ1n) is 8.86. The van der Waals surface area contributed by atoms with E-state index in [9.17, 15) is 4.79 Å². The van der Waals surface area contributed by atoms with Crippen molar-refractivity contribution in [1.82, 2.24) is 15.1 Å². The number of nitrogens with zero attached hydrogens (tertiary/aromatic N) is 4. The molecule has 1 aliphatic rings. The lowest BCUT2D eigenvalue weighted by molar-refractivity contribution is 0.102. The molecule has 1 aromatic carbocycles. The summed E-state index contributed by atoms with van der Waals surface area (Å²) in [5, 5.41) is 9.50. The van der Waals surface area contributed by atoms with Crippen molar-refractivity contribution in [3.8, 4) is 0 Å². The van der Waals surface area contributed by atoms with Crippen LogP contribution in [-0.4, -0.2) is 34.1 Å². The van der Waals surface area contributed by atoms with Gasteiger partial charge in [0.1, 0.15) is 5.76 Å². The quantitative estimate of drug-likeness (QED) is 0.716. The van der Waals surface area contributed by atoms with Crippen LogP contribution >= 0.6 is 0 Å². The Balaban J connectivity index is 1.37. The van der Waals surface area contributed by atoms with E-state index in [0.29, 0.717) is 23.1 Å². The molecule has 1 saturated heterocycles. The number of benzene rings is 1. The molecule has 1 amide bonds. The molecule has 8 nitrogen and oxygen atoms in total. The predicted octanol–water partition coefficient (Wildman–Crippen LogP) is 3.37. The standard InChI is InChI=1S/C19H20N6O2/c1-13-10-17(24-27-13)23-18(26)14-11-20-19(21-12-14)22-15-4-6-16(7-5-15)25-8-2-3-9-25/h4-7,10-12H,2-3,8-9H2,1H3,(H,20,21,22)(H,23,24,26). The van der Waals surface area contributed by atoms with Crippen molar-refractivity contribution in [2.24, 2.45) is 0 Å². The third-order valence-electron chi connectivity index (χ3n) is 4.38. The molecule has 3 heterocycles. The van der Waals surface area contributed by atoms with Crippen LogP contribution in [0.25, 0.3) is 0 Å². The first-order chi connectivity index (χ1) is 13.2. The van der Waals surface area contributed by atoms with E-state index in [1.165, 1.54) is 30.9 Å². The molecule has 1 aliphatic heterocycles. The molecular weight excluding hydrogens is 344 g/mol. The van der Waals surface area contributed by atoms with E-state index >= 15 is 0 Å². The zero-order valence-corrected chi connectivity index (χ0v) is 15.0. The Bertz CT molecular complexity index is 914. The van der Waals surface area contributed by atoms with Gasteiger partial charge in [-0.05, 0) is 44.0 Å². The molecule has 4 rings (SSSR count). The molecule has 0 atom stereocenters. The first-order valence-corrected chi connectivity index (χ1v) is 8.86. The second-order valence-corrected chi connectivity index (χ2v) is 6.44. The summed E-state index contributed by atoms with van der Waals surface area (Å²) < 4.78 is 4.92. The lowest BCUT2D eigenvalue weighted by Crippen LogP contribution is -2.17. The Kier molecular flexibility index (Phi) is 4.69. The number of carbonyl (C=O) groups is 1. The fourth-order valence-electron chi connectivity index (χ4n) is 2.98. The lowest BCUT2D eigenvalue weighted by Gasteiger charge is -2.17. The van der Waals surface area contributed by atoms with Crippen molar-refractivity contribution in [2.75, 3.05) is 28.6 Å². The van der Waals surface area contributed by atoms with Gasteiger partial charge in [-0.3, -0.25) is 4.79 Å². The fourth-order valence-corrected chi connectivity index (χ4v) is 2.98. The van der Waals surface area contributed by atoms with Crippen molar-refractivity contribution in [1.29, 1.82) is 0 Å². The zero-order chi connectivity index (χ0) is 18.6. The average Bonchev–Trinajstić information content (AvgIpc) is 3.35. The van der Waals surface area contributed by atoms with Crippen LogP contribution in [0.3, 0.4) is 0 Å². The van der Waals surface area contributed by atoms with Crippen molar-refractivity contribution < 1.29 is 9.32 Å². The molecule has 0 unspecified atom stereocenters. The normalized spacial score (nSPS) is 13.6. The number of hydrogen-bond acceptors (Lipinski definition) is 7. The third-order valence-corrected chi connectivity index (χ3v) is 4.38. The van der Waals surface area contributed by atoms with Gasteiger partial charge in [0.05, 0.1) is 5.56 Å². The SMILES string of the molecule is Cc1cc(NC(=O)c2cnc(Nc3ccc(N4CCCC4)cc3)nc2)no1. The van der Waals surface area contributed by atoms with Gasteiger partial charge in [-0.2, -0.15) is 0 Å². The van der Waals surface area contributed by atoms with Crippen LogP contribution < -0.4 is 15.5 Å². The van der Waals surface area contributed by atoms with Gasteiger partial charge in [0.15, 0.2) is 5.82 Å². The molecule has 3 aromatic rings. The van der Waals surface area contributed by atoms with Crippen LogP contribution in [-0.2, 0) is 0 Å². The Morgan fingerprint density at radius 3 is 2.44 bits per heavy atom. The summed E-state index contributed by atoms with van der Waals surface area (Å²) in [6.07, 6.45) is 5.44. The van der Waals surface area contributed by atoms with Gasteiger partial charge in [0, 0.05) is 42.9 Å². The minimum atomic E-state index is -0.343. The van der Waals surface area contributed by atoms with Gasteiger partial charge < -0.3 is 20.1 Å². The molecule has 2 aromatic heterocycles. The van der Waals surface area contributed by atoms with Gasteiger partial charge in [-0.15, -0.1) is 0 Å². The second kappa shape index (κ2) is 7.45. The molecule has 0 radical (unpaired) electrons. The van der Waals surface area contributed by atoms with E-state index in [4.69, 9.17) is 4.52 Å². The number of nitrogens with one attached hydrogen (secondary N) is 2. The second-order valence-electron chi connectivity index (χ2n) is 6.44. The van der Waals surface area contributed by atoms with E-state index in [0.717, 1.165) is 18.8 Å². The number of carbonyl (C=O) groups excluding carboxylic acids is 1. The Labute approximate surface area is 156 Å². The van der Waals surface area contributed by atoms with Crippen LogP contribution in [0.1, 0.15) is 29.0 Å². The Morgan fingerprint density at radius 2 is 1.81 bits per heavy atom. The van der Waals surface area contributed by atoms with E-state index < -0.39 is 0 Å². The highest BCUT2D eigenvalue weighted by Gasteiger charge is 2.12. The lowest BCUT2D eigenvalue weighted by atomic mass is 10.2. The minimum Gasteiger partial charge on any atom is -0.372 e. The molecule has 1 fully saturated rings. The molecule has 8 heteroatoms. The maximum atomic E-state index is 12.2. The smallest absolute Gasteiger partial charge is 0.260 e. The van der Waals surface area contributed by atoms with Gasteiger partial charge in [-0.1, -0.05) is 5.16 Å². The largest absolute Gasteiger partial charge is 0.372 e. The number of amides is 1. The minimum absolute atomic E-state index is 0.339. The van der Waals surface area contributed by atoms with Crippen LogP contribution in [0.15, 0.2) is 47.2 Å². The Hall–Kier alpha value is -3.42. The number of aryl methyl sites for hydroxylation is 1. The summed E-state index contributed by atoms with van der Waals surface area (Å²) in [5.41, 5.74) is 2.47. The topological polar surface area (TPSA) is 96.2 Å². The summed E-state index contributed by atoms with van der Waals surface area (Å²) in [5.74, 6) is 1.07. The van der Waals surface area contributed by atoms with Crippen molar-refractivity contribution in [3.05, 3.63) is 54.0 Å². The first kappa shape index (κ1) is 17.0. The number of anilines is 4. The monoisotopic (exact) mass is 364 g/mol. The summed E-state index contributed by atoms with van der Waals surface area (Å²) in [7, 11) is 0. The van der Waals surface area contributed by atoms with Crippen LogP contribution in [0.5, 0.6) is 0 Å². The highest BCUT2D eigenvalue weighted by molar-refractivity contribution is 6.03. The molecule has 27 heavy (non-hydrogen) atoms. The van der Waals surface area contributed by atoms with Gasteiger partial charge >= 0.3 is 0 Å². The van der Waals surface area contributed by atoms with Crippen LogP contribution in [0, 0.1) is 6.92 Å². The maximum absolute atomic E-state index is 12.2. The van der Waals surface area contributed by atoms with Gasteiger partial charge in [-0.25, -0.2) is 9.97 Å². The average molecular weight is 364 g/mol. The molecule has 0 spiro atoms. The van der Waals surface area contributed by atoms with Gasteiger partial charge in [0.25, 0.3) is 5.91 Å². The maximum Gasteiger partial charge on any atom is 0.260 e. The van der Waals surface area contributed by atoms with Crippen molar-refractivity contribution in [3.63, 3.8) is 0 Å². The number of hydrogen-bond donors (Lipinski definition) is 2. The molecular formula is C19H20N6O2. The van der Waals surface area contributed by atoms with E-state index in [1.807, 2.05) is 12.1 Å². The van der Waals surface area contributed by atoms with E-state index in [2.05, 4.69) is 42.8 Å². The summed E-state index contributed by atoms with van der Waals surface area (Å²) in [6, 6.07) is 9.83. The molecule has 2 N–H and O–H groups in total. The number of aromatic nitrogens is 3. The van der Waals surface area contributed by atoms with E-state index in [-0.39, 0.29) is 5.91 Å². The van der Waals surface area contributed by atoms with Gasteiger partial charge in [0.2, 0.25) is 5.95 Å². The van der Waals surface area contributed by atoms with E-state index in [1.54, 1.807) is 13.0 Å². The summed E-state index contributed by atoms with van der Waals surface area (Å²) >= 11 is 0. The number of rotatable bonds is 5. The van der Waals surface area contributed by atoms with Crippen LogP contribution in [0.2, 0.25) is 0 Å². The molecule has 0 saturated carbocycles. The zero-order valence-electron chi connectivity index (χ0n) is 15.0. The molecule has 0 aliphatic carbocycles. The highest BCUT2D eigenvalue weighted by atomic mass is 16.5. The van der Waals surface area contributed by atoms with Crippen molar-refractivity contribution >= 4 is 29.0 Å². The Morgan fingerprint density at radius 1 is 1.11 bits per heavy atom. The fraction of sp³-hybridized carbons (Fsp3) is 0.263. The molecule has 0 bridgehead atoms. The van der Waals surface area contributed by atoms with Crippen LogP contribution in [0.4, 0.5) is 23.1 Å². The summed E-state index contributed by atoms with van der Waals surface area (Å²) in [6.45, 7) is 3.99. The highest BCUT2D eigenvalue weighted by Crippen LogP contribution is 2.23. The van der Waals surface area contributed by atoms with Crippen molar-refractivity contribution in [2.45, 2.75) is 19.8 Å². The molecule has 138 valence electrons. The summed E-state index contributed by atoms with van der Waals surface area (Å²) in [4.78, 5) is 22.9. The predicted molar refractivity (Wildman–Crippen MR) is 102 cm³/mol. The third kappa shape index (κ3) is 4.05.